The second-order valence-electron chi connectivity index (χ2n) is 4.61. The Labute approximate surface area is 130 Å². The van der Waals surface area contributed by atoms with Crippen molar-refractivity contribution in [2.45, 2.75) is 30.2 Å². The van der Waals surface area contributed by atoms with Crippen LogP contribution < -0.4 is 5.32 Å². The summed E-state index contributed by atoms with van der Waals surface area (Å²) >= 11 is -0.260. The molecule has 1 rings (SSSR count). The number of thioether (sulfide) groups is 1. The second-order valence-corrected chi connectivity index (χ2v) is 5.74. The van der Waals surface area contributed by atoms with E-state index < -0.39 is 23.3 Å². The Morgan fingerprint density at radius 3 is 2.32 bits per heavy atom. The van der Waals surface area contributed by atoms with Crippen LogP contribution in [0.4, 0.5) is 13.2 Å². The molecule has 0 spiro atoms. The maximum atomic E-state index is 12.2. The van der Waals surface area contributed by atoms with Gasteiger partial charge in [0.05, 0.1) is 5.92 Å². The van der Waals surface area contributed by atoms with E-state index in [4.69, 9.17) is 5.11 Å². The molecule has 0 saturated carbocycles. The maximum Gasteiger partial charge on any atom is 0.446 e. The second kappa shape index (κ2) is 8.07. The van der Waals surface area contributed by atoms with E-state index in [0.717, 1.165) is 0 Å². The van der Waals surface area contributed by atoms with Crippen molar-refractivity contribution in [2.75, 3.05) is 6.54 Å². The Morgan fingerprint density at radius 1 is 1.27 bits per heavy atom. The molecule has 22 heavy (non-hydrogen) atoms. The predicted molar refractivity (Wildman–Crippen MR) is 76.7 cm³/mol. The molecule has 0 fully saturated rings. The van der Waals surface area contributed by atoms with Crippen LogP contribution in [0.25, 0.3) is 0 Å². The van der Waals surface area contributed by atoms with E-state index in [1.807, 2.05) is 6.92 Å². The lowest BCUT2D eigenvalue weighted by atomic mass is 10.0. The molecule has 2 N–H and O–H groups in total. The summed E-state index contributed by atoms with van der Waals surface area (Å²) in [4.78, 5) is 22.8. The number of aliphatic carboxylic acids is 1. The highest BCUT2D eigenvalue weighted by molar-refractivity contribution is 8.00. The highest BCUT2D eigenvalue weighted by Gasteiger charge is 2.29. The highest BCUT2D eigenvalue weighted by atomic mass is 32.2. The van der Waals surface area contributed by atoms with E-state index in [-0.39, 0.29) is 28.8 Å². The SMILES string of the molecule is CCCC(CNC(=O)c1ccc(SC(F)(F)F)cc1)C(=O)O. The fourth-order valence-corrected chi connectivity index (χ4v) is 2.33. The summed E-state index contributed by atoms with van der Waals surface area (Å²) in [7, 11) is 0. The first-order chi connectivity index (χ1) is 10.2. The summed E-state index contributed by atoms with van der Waals surface area (Å²) in [6.07, 6.45) is 1.12. The van der Waals surface area contributed by atoms with Gasteiger partial charge in [-0.2, -0.15) is 13.2 Å². The number of rotatable bonds is 7. The summed E-state index contributed by atoms with van der Waals surface area (Å²) in [5, 5.41) is 11.5. The monoisotopic (exact) mass is 335 g/mol. The summed E-state index contributed by atoms with van der Waals surface area (Å²) in [6.45, 7) is 1.83. The van der Waals surface area contributed by atoms with E-state index in [9.17, 15) is 22.8 Å². The first kappa shape index (κ1) is 18.3. The summed E-state index contributed by atoms with van der Waals surface area (Å²) in [5.41, 5.74) is -4.19. The third-order valence-electron chi connectivity index (χ3n) is 2.85. The third-order valence-corrected chi connectivity index (χ3v) is 3.58. The number of nitrogens with one attached hydrogen (secondary N) is 1. The Hall–Kier alpha value is -1.70. The molecular formula is C14H16F3NO3S. The number of amides is 1. The molecule has 1 amide bonds. The summed E-state index contributed by atoms with van der Waals surface area (Å²) in [6, 6.07) is 4.96. The van der Waals surface area contributed by atoms with Gasteiger partial charge in [0.1, 0.15) is 0 Å². The van der Waals surface area contributed by atoms with Crippen molar-refractivity contribution in [3.8, 4) is 0 Å². The van der Waals surface area contributed by atoms with Crippen molar-refractivity contribution in [3.63, 3.8) is 0 Å². The first-order valence-corrected chi connectivity index (χ1v) is 7.41. The Morgan fingerprint density at radius 2 is 1.86 bits per heavy atom. The lowest BCUT2D eigenvalue weighted by Crippen LogP contribution is -2.32. The Balaban J connectivity index is 2.60. The maximum absolute atomic E-state index is 12.2. The molecule has 4 nitrogen and oxygen atoms in total. The molecule has 0 heterocycles. The lowest BCUT2D eigenvalue weighted by Gasteiger charge is -2.12. The van der Waals surface area contributed by atoms with Crippen LogP contribution in [0.5, 0.6) is 0 Å². The van der Waals surface area contributed by atoms with Crippen molar-refractivity contribution in [1.82, 2.24) is 5.32 Å². The minimum atomic E-state index is -4.38. The Bertz CT molecular complexity index is 517. The number of benzene rings is 1. The highest BCUT2D eigenvalue weighted by Crippen LogP contribution is 2.36. The topological polar surface area (TPSA) is 66.4 Å². The van der Waals surface area contributed by atoms with Crippen molar-refractivity contribution in [1.29, 1.82) is 0 Å². The molecule has 1 aromatic rings. The van der Waals surface area contributed by atoms with Gasteiger partial charge in [-0.05, 0) is 42.4 Å². The fraction of sp³-hybridized carbons (Fsp3) is 0.429. The van der Waals surface area contributed by atoms with Gasteiger partial charge in [-0.1, -0.05) is 13.3 Å². The molecule has 1 aromatic carbocycles. The van der Waals surface area contributed by atoms with E-state index in [0.29, 0.717) is 12.8 Å². The van der Waals surface area contributed by atoms with Crippen LogP contribution in [-0.4, -0.2) is 29.0 Å². The van der Waals surface area contributed by atoms with Crippen LogP contribution in [0, 0.1) is 5.92 Å². The Kier molecular flexibility index (Phi) is 6.73. The smallest absolute Gasteiger partial charge is 0.446 e. The van der Waals surface area contributed by atoms with Gasteiger partial charge >= 0.3 is 11.5 Å². The van der Waals surface area contributed by atoms with Crippen molar-refractivity contribution >= 4 is 23.6 Å². The number of carboxylic acids is 1. The van der Waals surface area contributed by atoms with Gasteiger partial charge in [0.2, 0.25) is 0 Å². The van der Waals surface area contributed by atoms with Gasteiger partial charge in [-0.3, -0.25) is 9.59 Å². The number of hydrogen-bond acceptors (Lipinski definition) is 3. The first-order valence-electron chi connectivity index (χ1n) is 6.59. The van der Waals surface area contributed by atoms with Gasteiger partial charge in [0.25, 0.3) is 5.91 Å². The average molecular weight is 335 g/mol. The lowest BCUT2D eigenvalue weighted by molar-refractivity contribution is -0.141. The molecule has 0 aromatic heterocycles. The quantitative estimate of drug-likeness (QED) is 0.748. The zero-order valence-corrected chi connectivity index (χ0v) is 12.6. The number of halogens is 3. The molecule has 1 unspecified atom stereocenters. The molecule has 1 atom stereocenters. The van der Waals surface area contributed by atoms with Crippen LogP contribution in [0.1, 0.15) is 30.1 Å². The number of alkyl halides is 3. The zero-order chi connectivity index (χ0) is 16.8. The molecule has 0 bridgehead atoms. The zero-order valence-electron chi connectivity index (χ0n) is 11.8. The predicted octanol–water partition coefficient (Wildman–Crippen LogP) is 3.53. The minimum absolute atomic E-state index is 0.0128. The standard InChI is InChI=1S/C14H16F3NO3S/c1-2-3-10(13(20)21)8-18-12(19)9-4-6-11(7-5-9)22-14(15,16)17/h4-7,10H,2-3,8H2,1H3,(H,18,19)(H,20,21). The summed E-state index contributed by atoms with van der Waals surface area (Å²) in [5.74, 6) is -2.17. The van der Waals surface area contributed by atoms with E-state index in [1.54, 1.807) is 0 Å². The molecule has 0 aliphatic carbocycles. The molecule has 0 aliphatic heterocycles. The number of carbonyl (C=O) groups is 2. The molecule has 0 radical (unpaired) electrons. The molecule has 8 heteroatoms. The van der Waals surface area contributed by atoms with Crippen LogP contribution >= 0.6 is 11.8 Å². The van der Waals surface area contributed by atoms with Gasteiger partial charge in [0, 0.05) is 17.0 Å². The number of hydrogen-bond donors (Lipinski definition) is 2. The molecular weight excluding hydrogens is 319 g/mol. The van der Waals surface area contributed by atoms with E-state index >= 15 is 0 Å². The number of carbonyl (C=O) groups excluding carboxylic acids is 1. The average Bonchev–Trinajstić information content (AvgIpc) is 2.41. The minimum Gasteiger partial charge on any atom is -0.481 e. The summed E-state index contributed by atoms with van der Waals surface area (Å²) < 4.78 is 36.6. The van der Waals surface area contributed by atoms with Gasteiger partial charge in [-0.25, -0.2) is 0 Å². The fourth-order valence-electron chi connectivity index (χ4n) is 1.79. The van der Waals surface area contributed by atoms with Crippen LogP contribution in [-0.2, 0) is 4.79 Å². The van der Waals surface area contributed by atoms with Crippen molar-refractivity contribution < 1.29 is 27.9 Å². The van der Waals surface area contributed by atoms with Gasteiger partial charge in [0.15, 0.2) is 0 Å². The van der Waals surface area contributed by atoms with E-state index in [1.165, 1.54) is 24.3 Å². The molecule has 122 valence electrons. The van der Waals surface area contributed by atoms with E-state index in [2.05, 4.69) is 5.32 Å². The van der Waals surface area contributed by atoms with Crippen LogP contribution in [0.15, 0.2) is 29.2 Å². The van der Waals surface area contributed by atoms with Gasteiger partial charge < -0.3 is 10.4 Å². The third kappa shape index (κ3) is 6.38. The van der Waals surface area contributed by atoms with Crippen molar-refractivity contribution in [3.05, 3.63) is 29.8 Å². The largest absolute Gasteiger partial charge is 0.481 e. The molecule has 0 aliphatic rings. The van der Waals surface area contributed by atoms with Gasteiger partial charge in [-0.15, -0.1) is 0 Å². The van der Waals surface area contributed by atoms with Crippen LogP contribution in [0.2, 0.25) is 0 Å². The van der Waals surface area contributed by atoms with Crippen molar-refractivity contribution in [2.24, 2.45) is 5.92 Å². The normalized spacial score (nSPS) is 12.7. The molecule has 0 saturated heterocycles. The van der Waals surface area contributed by atoms with Crippen LogP contribution in [0.3, 0.4) is 0 Å². The number of carboxylic acid groups (broad SMARTS) is 1.